The Kier molecular flexibility index (Phi) is 6.81. The first-order valence-electron chi connectivity index (χ1n) is 7.70. The van der Waals surface area contributed by atoms with E-state index in [4.69, 9.17) is 14.3 Å². The van der Waals surface area contributed by atoms with Crippen LogP contribution in [0.2, 0.25) is 0 Å². The van der Waals surface area contributed by atoms with Crippen molar-refractivity contribution >= 4 is 23.2 Å². The van der Waals surface area contributed by atoms with Gasteiger partial charge in [0.2, 0.25) is 0 Å². The Morgan fingerprint density at radius 1 is 1.35 bits per heavy atom. The van der Waals surface area contributed by atoms with Gasteiger partial charge in [0.05, 0.1) is 17.4 Å². The lowest BCUT2D eigenvalue weighted by molar-refractivity contribution is -0.192. The number of carboxylic acid groups (broad SMARTS) is 1. The first kappa shape index (κ1) is 20.0. The summed E-state index contributed by atoms with van der Waals surface area (Å²) in [5.74, 6) is -2.78. The van der Waals surface area contributed by atoms with Gasteiger partial charge < -0.3 is 20.2 Å². The number of carbonyl (C=O) groups excluding carboxylic acids is 1. The van der Waals surface area contributed by atoms with Crippen LogP contribution in [-0.4, -0.2) is 29.7 Å². The Labute approximate surface area is 151 Å². The SMILES string of the molecule is O=C(NCc1ccoc1)c1ccc(C2CCCN2)s1.O=C(O)C(F)(F)F. The van der Waals surface area contributed by atoms with Crippen molar-refractivity contribution in [3.05, 3.63) is 46.0 Å². The molecule has 3 rings (SSSR count). The van der Waals surface area contributed by atoms with Gasteiger partial charge in [-0.05, 0) is 37.6 Å². The maximum absolute atomic E-state index is 12.0. The van der Waals surface area contributed by atoms with Crippen molar-refractivity contribution in [1.82, 2.24) is 10.6 Å². The maximum atomic E-state index is 12.0. The molecule has 1 unspecified atom stereocenters. The molecule has 0 bridgehead atoms. The molecule has 10 heteroatoms. The van der Waals surface area contributed by atoms with Crippen molar-refractivity contribution in [3.63, 3.8) is 0 Å². The molecule has 0 aliphatic carbocycles. The Morgan fingerprint density at radius 3 is 2.62 bits per heavy atom. The minimum absolute atomic E-state index is 0.0181. The van der Waals surface area contributed by atoms with E-state index in [9.17, 15) is 18.0 Å². The lowest BCUT2D eigenvalue weighted by Gasteiger charge is -2.06. The summed E-state index contributed by atoms with van der Waals surface area (Å²) in [4.78, 5) is 22.9. The lowest BCUT2D eigenvalue weighted by Crippen LogP contribution is -2.21. The quantitative estimate of drug-likeness (QED) is 0.745. The Morgan fingerprint density at radius 2 is 2.08 bits per heavy atom. The van der Waals surface area contributed by atoms with Gasteiger partial charge in [-0.25, -0.2) is 4.79 Å². The van der Waals surface area contributed by atoms with E-state index in [0.717, 1.165) is 23.4 Å². The molecule has 0 saturated carbocycles. The van der Waals surface area contributed by atoms with Crippen LogP contribution in [0.15, 0.2) is 35.1 Å². The monoisotopic (exact) mass is 390 g/mol. The van der Waals surface area contributed by atoms with Crippen molar-refractivity contribution in [1.29, 1.82) is 0 Å². The highest BCUT2D eigenvalue weighted by molar-refractivity contribution is 7.14. The van der Waals surface area contributed by atoms with Crippen molar-refractivity contribution in [3.8, 4) is 0 Å². The van der Waals surface area contributed by atoms with Crippen LogP contribution in [0.25, 0.3) is 0 Å². The van der Waals surface area contributed by atoms with Gasteiger partial charge in [-0.3, -0.25) is 4.79 Å². The Bertz CT molecular complexity index is 722. The molecule has 0 spiro atoms. The zero-order chi connectivity index (χ0) is 19.2. The van der Waals surface area contributed by atoms with Crippen LogP contribution < -0.4 is 10.6 Å². The summed E-state index contributed by atoms with van der Waals surface area (Å²) in [7, 11) is 0. The molecule has 0 radical (unpaired) electrons. The smallest absolute Gasteiger partial charge is 0.475 e. The van der Waals surface area contributed by atoms with Gasteiger partial charge in [0.1, 0.15) is 0 Å². The van der Waals surface area contributed by atoms with E-state index >= 15 is 0 Å². The van der Waals surface area contributed by atoms with E-state index < -0.39 is 12.1 Å². The minimum atomic E-state index is -5.08. The number of hydrogen-bond acceptors (Lipinski definition) is 5. The Balaban J connectivity index is 0.000000298. The number of carbonyl (C=O) groups is 2. The van der Waals surface area contributed by atoms with Crippen molar-refractivity contribution in [2.24, 2.45) is 0 Å². The molecule has 142 valence electrons. The highest BCUT2D eigenvalue weighted by atomic mass is 32.1. The van der Waals surface area contributed by atoms with Crippen LogP contribution in [0.1, 0.15) is 39.0 Å². The number of alkyl halides is 3. The van der Waals surface area contributed by atoms with Gasteiger partial charge in [-0.2, -0.15) is 13.2 Å². The van der Waals surface area contributed by atoms with Gasteiger partial charge in [0.15, 0.2) is 0 Å². The fraction of sp³-hybridized carbons (Fsp3) is 0.375. The topological polar surface area (TPSA) is 91.6 Å². The molecular formula is C16H17F3N2O4S. The number of nitrogens with one attached hydrogen (secondary N) is 2. The third-order valence-corrected chi connectivity index (χ3v) is 4.73. The molecule has 3 N–H and O–H groups in total. The zero-order valence-electron chi connectivity index (χ0n) is 13.5. The average molecular weight is 390 g/mol. The van der Waals surface area contributed by atoms with Crippen molar-refractivity contribution < 1.29 is 32.3 Å². The summed E-state index contributed by atoms with van der Waals surface area (Å²) < 4.78 is 36.7. The van der Waals surface area contributed by atoms with Crippen LogP contribution in [0.3, 0.4) is 0 Å². The molecule has 1 atom stereocenters. The number of hydrogen-bond donors (Lipinski definition) is 3. The van der Waals surface area contributed by atoms with Crippen LogP contribution >= 0.6 is 11.3 Å². The number of aliphatic carboxylic acids is 1. The number of carboxylic acids is 1. The predicted molar refractivity (Wildman–Crippen MR) is 87.9 cm³/mol. The molecule has 1 aliphatic heterocycles. The summed E-state index contributed by atoms with van der Waals surface area (Å²) in [6, 6.07) is 6.24. The predicted octanol–water partition coefficient (Wildman–Crippen LogP) is 3.33. The van der Waals surface area contributed by atoms with E-state index in [1.165, 1.54) is 11.3 Å². The summed E-state index contributed by atoms with van der Waals surface area (Å²) in [5, 5.41) is 13.5. The largest absolute Gasteiger partial charge is 0.490 e. The van der Waals surface area contributed by atoms with E-state index in [1.54, 1.807) is 23.9 Å². The highest BCUT2D eigenvalue weighted by Crippen LogP contribution is 2.29. The number of halogens is 3. The fourth-order valence-electron chi connectivity index (χ4n) is 2.25. The standard InChI is InChI=1S/C14H16N2O2S.C2HF3O2/c17-14(16-8-10-5-7-18-9-10)13-4-3-12(19-13)11-2-1-6-15-11;3-2(4,5)1(6)7/h3-5,7,9,11,15H,1-2,6,8H2,(H,16,17);(H,6,7). The molecule has 0 aromatic carbocycles. The zero-order valence-corrected chi connectivity index (χ0v) is 14.3. The van der Waals surface area contributed by atoms with Crippen LogP contribution in [-0.2, 0) is 11.3 Å². The van der Waals surface area contributed by atoms with E-state index in [-0.39, 0.29) is 5.91 Å². The van der Waals surface area contributed by atoms with Gasteiger partial charge in [0.25, 0.3) is 5.91 Å². The highest BCUT2D eigenvalue weighted by Gasteiger charge is 2.38. The first-order chi connectivity index (χ1) is 12.3. The van der Waals surface area contributed by atoms with Crippen LogP contribution in [0.4, 0.5) is 13.2 Å². The van der Waals surface area contributed by atoms with Gasteiger partial charge >= 0.3 is 12.1 Å². The molecule has 2 aromatic rings. The van der Waals surface area contributed by atoms with Crippen LogP contribution in [0.5, 0.6) is 0 Å². The van der Waals surface area contributed by atoms with Crippen molar-refractivity contribution in [2.45, 2.75) is 31.6 Å². The average Bonchev–Trinajstić information content (AvgIpc) is 3.33. The second kappa shape index (κ2) is 8.86. The number of amides is 1. The summed E-state index contributed by atoms with van der Waals surface area (Å²) in [6.45, 7) is 1.58. The van der Waals surface area contributed by atoms with E-state index in [0.29, 0.717) is 12.6 Å². The van der Waals surface area contributed by atoms with Crippen molar-refractivity contribution in [2.75, 3.05) is 6.54 Å². The summed E-state index contributed by atoms with van der Waals surface area (Å²) in [6.07, 6.45) is 0.542. The van der Waals surface area contributed by atoms with Gasteiger partial charge in [-0.1, -0.05) is 0 Å². The summed E-state index contributed by atoms with van der Waals surface area (Å²) in [5.41, 5.74) is 0.975. The number of rotatable bonds is 4. The second-order valence-corrected chi connectivity index (χ2v) is 6.58. The normalized spacial score (nSPS) is 16.7. The lowest BCUT2D eigenvalue weighted by atomic mass is 10.2. The molecule has 3 heterocycles. The van der Waals surface area contributed by atoms with Gasteiger partial charge in [0, 0.05) is 23.0 Å². The third kappa shape index (κ3) is 5.88. The molecule has 2 aromatic heterocycles. The van der Waals surface area contributed by atoms with Gasteiger partial charge in [-0.15, -0.1) is 11.3 Å². The van der Waals surface area contributed by atoms with Crippen LogP contribution in [0, 0.1) is 0 Å². The van der Waals surface area contributed by atoms with E-state index in [2.05, 4.69) is 16.7 Å². The molecular weight excluding hydrogens is 373 g/mol. The minimum Gasteiger partial charge on any atom is -0.475 e. The molecule has 1 amide bonds. The fourth-order valence-corrected chi connectivity index (χ4v) is 3.29. The summed E-state index contributed by atoms with van der Waals surface area (Å²) >= 11 is 1.58. The molecule has 1 saturated heterocycles. The molecule has 1 fully saturated rings. The molecule has 26 heavy (non-hydrogen) atoms. The third-order valence-electron chi connectivity index (χ3n) is 3.53. The molecule has 6 nitrogen and oxygen atoms in total. The number of furan rings is 1. The Hall–Kier alpha value is -2.33. The maximum Gasteiger partial charge on any atom is 0.490 e. The number of thiophene rings is 1. The first-order valence-corrected chi connectivity index (χ1v) is 8.51. The second-order valence-electron chi connectivity index (χ2n) is 5.47. The molecule has 1 aliphatic rings. The van der Waals surface area contributed by atoms with E-state index in [1.807, 2.05) is 12.1 Å².